The predicted molar refractivity (Wildman–Crippen MR) is 431 cm³/mol. The highest BCUT2D eigenvalue weighted by Gasteiger charge is 2.40. The van der Waals surface area contributed by atoms with E-state index in [1.54, 1.807) is 6.92 Å². The molecule has 4 aliphatic rings. The molecule has 0 fully saturated rings. The van der Waals surface area contributed by atoms with Gasteiger partial charge in [-0.2, -0.15) is 0 Å². The minimum atomic E-state index is -0.0933. The second-order valence-electron chi connectivity index (χ2n) is 29.9. The van der Waals surface area contributed by atoms with Crippen molar-refractivity contribution < 1.29 is 4.79 Å². The van der Waals surface area contributed by atoms with Gasteiger partial charge in [-0.05, 0) is 224 Å². The number of carbonyl (C=O) groups is 1. The Labute approximate surface area is 601 Å². The molecule has 18 rings (SSSR count). The fourth-order valence-corrected chi connectivity index (χ4v) is 16.4. The molecule has 1 amide bonds. The van der Waals surface area contributed by atoms with Crippen LogP contribution >= 0.6 is 0 Å². The molecule has 496 valence electrons. The van der Waals surface area contributed by atoms with Gasteiger partial charge in [0.2, 0.25) is 5.91 Å². The first-order chi connectivity index (χ1) is 49.4. The second-order valence-corrected chi connectivity index (χ2v) is 29.9. The van der Waals surface area contributed by atoms with Gasteiger partial charge >= 0.3 is 0 Å². The van der Waals surface area contributed by atoms with Crippen molar-refractivity contribution in [1.29, 1.82) is 0 Å². The summed E-state index contributed by atoms with van der Waals surface area (Å²) in [6.07, 6.45) is 0. The van der Waals surface area contributed by atoms with E-state index in [-0.39, 0.29) is 27.6 Å². The molecule has 4 nitrogen and oxygen atoms in total. The van der Waals surface area contributed by atoms with Gasteiger partial charge in [0.1, 0.15) is 0 Å². The zero-order valence-electron chi connectivity index (χ0n) is 59.5. The molecule has 14 aromatic rings. The number of anilines is 5. The van der Waals surface area contributed by atoms with Gasteiger partial charge in [0.05, 0.1) is 0 Å². The minimum absolute atomic E-state index is 0.00163. The lowest BCUT2D eigenvalue weighted by atomic mass is 9.81. The number of fused-ring (bicyclic) bond motifs is 12. The Kier molecular flexibility index (Phi) is 16.3. The van der Waals surface area contributed by atoms with E-state index in [9.17, 15) is 4.79 Å². The van der Waals surface area contributed by atoms with Gasteiger partial charge in [-0.25, -0.2) is 0 Å². The van der Waals surface area contributed by atoms with Crippen molar-refractivity contribution in [3.05, 3.63) is 366 Å². The van der Waals surface area contributed by atoms with Crippen LogP contribution in [0.3, 0.4) is 0 Å². The summed E-state index contributed by atoms with van der Waals surface area (Å²) >= 11 is 0. The largest absolute Gasteiger partial charge is 0.356 e. The molecule has 0 spiro atoms. The summed E-state index contributed by atoms with van der Waals surface area (Å²) in [4.78, 5) is 11.4. The molecule has 0 aliphatic heterocycles. The topological polar surface area (TPSA) is 53.2 Å². The van der Waals surface area contributed by atoms with Crippen molar-refractivity contribution in [2.45, 2.75) is 84.0 Å². The van der Waals surface area contributed by atoms with Crippen LogP contribution in [0.2, 0.25) is 0 Å². The molecular formula is C98H83N3O. The van der Waals surface area contributed by atoms with Crippen molar-refractivity contribution in [2.24, 2.45) is 0 Å². The molecule has 102 heavy (non-hydrogen) atoms. The van der Waals surface area contributed by atoms with Crippen LogP contribution in [-0.4, -0.2) is 5.91 Å². The van der Waals surface area contributed by atoms with Crippen LogP contribution in [0.15, 0.2) is 322 Å². The van der Waals surface area contributed by atoms with Crippen LogP contribution < -0.4 is 16.0 Å². The fraction of sp³-hybridized carbons (Fsp3) is 0.133. The van der Waals surface area contributed by atoms with Gasteiger partial charge in [0.25, 0.3) is 0 Å². The Morgan fingerprint density at radius 3 is 0.765 bits per heavy atom. The summed E-state index contributed by atoms with van der Waals surface area (Å²) < 4.78 is 0. The lowest BCUT2D eigenvalue weighted by Crippen LogP contribution is -2.16. The Hall–Kier alpha value is -11.9. The molecule has 0 aromatic heterocycles. The lowest BCUT2D eigenvalue weighted by Gasteiger charge is -2.23. The predicted octanol–water partition coefficient (Wildman–Crippen LogP) is 26.1. The quantitative estimate of drug-likeness (QED) is 0.128. The minimum Gasteiger partial charge on any atom is -0.356 e. The van der Waals surface area contributed by atoms with E-state index in [2.05, 4.69) is 381 Å². The van der Waals surface area contributed by atoms with Crippen molar-refractivity contribution >= 4 is 34.3 Å². The third kappa shape index (κ3) is 11.8. The van der Waals surface area contributed by atoms with Gasteiger partial charge in [0, 0.05) is 57.0 Å². The maximum atomic E-state index is 11.4. The number of amides is 1. The number of hydrogen-bond donors (Lipinski definition) is 3. The van der Waals surface area contributed by atoms with Gasteiger partial charge in [-0.3, -0.25) is 4.79 Å². The van der Waals surface area contributed by atoms with Crippen LogP contribution in [0.1, 0.15) is 107 Å². The molecule has 0 bridgehead atoms. The zero-order valence-corrected chi connectivity index (χ0v) is 59.5. The Balaban J connectivity index is 0.000000122. The number of hydrogen-bond acceptors (Lipinski definition) is 3. The highest BCUT2D eigenvalue weighted by atomic mass is 16.1. The smallest absolute Gasteiger partial charge is 0.221 e. The van der Waals surface area contributed by atoms with Crippen molar-refractivity contribution in [2.75, 3.05) is 16.0 Å². The highest BCUT2D eigenvalue weighted by Crippen LogP contribution is 2.55. The molecule has 0 radical (unpaired) electrons. The third-order valence-corrected chi connectivity index (χ3v) is 22.0. The summed E-state index contributed by atoms with van der Waals surface area (Å²) in [5.74, 6) is -0.0420. The van der Waals surface area contributed by atoms with E-state index in [1.165, 1.54) is 145 Å². The van der Waals surface area contributed by atoms with Gasteiger partial charge in [-0.15, -0.1) is 0 Å². The molecule has 3 N–H and O–H groups in total. The molecule has 14 aromatic carbocycles. The first-order valence-electron chi connectivity index (χ1n) is 35.7. The molecule has 4 heteroatoms. The van der Waals surface area contributed by atoms with Crippen molar-refractivity contribution in [1.82, 2.24) is 0 Å². The van der Waals surface area contributed by atoms with Crippen molar-refractivity contribution in [3.63, 3.8) is 0 Å². The van der Waals surface area contributed by atoms with Crippen LogP contribution in [-0.2, 0) is 26.5 Å². The number of rotatable bonds is 10. The fourth-order valence-electron chi connectivity index (χ4n) is 16.4. The third-order valence-electron chi connectivity index (χ3n) is 22.0. The Bertz CT molecular complexity index is 5530. The van der Waals surface area contributed by atoms with E-state index >= 15 is 0 Å². The molecule has 0 saturated carbocycles. The van der Waals surface area contributed by atoms with Gasteiger partial charge in [-0.1, -0.05) is 298 Å². The van der Waals surface area contributed by atoms with Gasteiger partial charge in [0.15, 0.2) is 0 Å². The summed E-state index contributed by atoms with van der Waals surface area (Å²) in [5, 5.41) is 10.3. The number of nitrogens with one attached hydrogen (secondary N) is 3. The summed E-state index contributed by atoms with van der Waals surface area (Å²) in [7, 11) is 0. The normalized spacial score (nSPS) is 14.1. The average Bonchev–Trinajstić information content (AvgIpc) is 1.60. The maximum Gasteiger partial charge on any atom is 0.221 e. The summed E-state index contributed by atoms with van der Waals surface area (Å²) in [5.41, 5.74) is 39.1. The van der Waals surface area contributed by atoms with E-state index in [0.717, 1.165) is 28.4 Å². The molecule has 0 unspecified atom stereocenters. The SMILES string of the molecule is CC(=O)Nc1ccc2c(c1)C(C)(C)c1cc(-c3ccccc3)ccc1-2.CC1(C)c2cc(Nc3ccc(-c4ccc(-c5ccccc5)cc4)cc3)ccc2-c2ccc(-c3ccccc3)cc21.CC1(C)c2ccccc2-c2ccc(Nc3ccc4c(c3)C(C)(C)c3cc(-c5ccccc5)ccc3-4)cc21. The number of carbonyl (C=O) groups excluding carboxylic acids is 1. The molecule has 0 saturated heterocycles. The van der Waals surface area contributed by atoms with E-state index in [4.69, 9.17) is 0 Å². The first-order valence-corrected chi connectivity index (χ1v) is 35.7. The zero-order chi connectivity index (χ0) is 70.1. The van der Waals surface area contributed by atoms with Crippen LogP contribution in [0.4, 0.5) is 28.4 Å². The summed E-state index contributed by atoms with van der Waals surface area (Å²) in [6.45, 7) is 20.1. The average molecular weight is 1320 g/mol. The highest BCUT2D eigenvalue weighted by molar-refractivity contribution is 5.93. The van der Waals surface area contributed by atoms with E-state index in [0.29, 0.717) is 0 Å². The van der Waals surface area contributed by atoms with Crippen LogP contribution in [0, 0.1) is 0 Å². The standard InChI is InChI=1S/C39H31N.C36H31N.C23H21NO/c1-39(2)37-25-32(28-11-7-4-8-12-28)19-23-35(37)36-24-22-34(26-38(36)39)40-33-20-17-31(18-21-33)30-15-13-29(14-16-30)27-9-5-3-6-10-27;1-35(2)31-13-9-8-12-27(31)29-18-15-25(21-33(29)35)37-26-16-19-30-28-17-14-24(23-10-6-5-7-11-23)20-32(28)36(3,4)34(30)22-26;1-15(25)24-18-10-12-20-19-11-9-17(16-7-5-4-6-8-16)13-21(19)23(2,3)22(20)14-18/h3-26,40H,1-2H3;5-22,37H,1-4H3;4-14H,1-3H3,(H,24,25). The molecular weight excluding hydrogens is 1240 g/mol. The summed E-state index contributed by atoms with van der Waals surface area (Å²) in [6, 6.07) is 116. The van der Waals surface area contributed by atoms with Crippen LogP contribution in [0.25, 0.3) is 100 Å². The molecule has 0 heterocycles. The monoisotopic (exact) mass is 1320 g/mol. The second kappa shape index (κ2) is 25.7. The van der Waals surface area contributed by atoms with E-state index < -0.39 is 0 Å². The first kappa shape index (κ1) is 64.8. The molecule has 4 aliphatic carbocycles. The van der Waals surface area contributed by atoms with Gasteiger partial charge < -0.3 is 16.0 Å². The van der Waals surface area contributed by atoms with Crippen LogP contribution in [0.5, 0.6) is 0 Å². The van der Waals surface area contributed by atoms with Crippen molar-refractivity contribution in [3.8, 4) is 100 Å². The Morgan fingerprint density at radius 1 is 0.206 bits per heavy atom. The number of benzene rings is 14. The molecule has 0 atom stereocenters. The Morgan fingerprint density at radius 2 is 0.422 bits per heavy atom. The lowest BCUT2D eigenvalue weighted by molar-refractivity contribution is -0.114. The maximum absolute atomic E-state index is 11.4. The van der Waals surface area contributed by atoms with E-state index in [1.807, 2.05) is 12.1 Å².